The van der Waals surface area contributed by atoms with Gasteiger partial charge in [0.1, 0.15) is 11.6 Å². The number of hydrogen-bond donors (Lipinski definition) is 1. The molecule has 2 aliphatic rings. The van der Waals surface area contributed by atoms with Crippen LogP contribution in [-0.4, -0.2) is 71.3 Å². The Kier molecular flexibility index (Phi) is 5.53. The first-order valence-electron chi connectivity index (χ1n) is 10.7. The molecule has 0 saturated carbocycles. The van der Waals surface area contributed by atoms with Crippen molar-refractivity contribution in [3.63, 3.8) is 0 Å². The average molecular weight is 405 g/mol. The van der Waals surface area contributed by atoms with Crippen LogP contribution in [0.25, 0.3) is 11.3 Å². The minimum Gasteiger partial charge on any atom is -0.464 e. The van der Waals surface area contributed by atoms with Crippen molar-refractivity contribution in [1.29, 1.82) is 0 Å². The fourth-order valence-corrected chi connectivity index (χ4v) is 4.73. The lowest BCUT2D eigenvalue weighted by atomic mass is 10.0. The second-order valence-electron chi connectivity index (χ2n) is 8.17. The highest BCUT2D eigenvalue weighted by atomic mass is 16.3. The fourth-order valence-electron chi connectivity index (χ4n) is 4.73. The van der Waals surface area contributed by atoms with Crippen LogP contribution in [-0.2, 0) is 6.54 Å². The van der Waals surface area contributed by atoms with Crippen LogP contribution in [0.15, 0.2) is 71.5 Å². The molecule has 156 valence electrons. The summed E-state index contributed by atoms with van der Waals surface area (Å²) in [5.41, 5.74) is 2.37. The number of aromatic nitrogens is 1. The van der Waals surface area contributed by atoms with E-state index in [1.54, 1.807) is 6.26 Å². The number of likely N-dealkylation sites (tertiary alicyclic amines) is 1. The summed E-state index contributed by atoms with van der Waals surface area (Å²) in [6.07, 6.45) is 3.25. The van der Waals surface area contributed by atoms with Crippen molar-refractivity contribution in [1.82, 2.24) is 14.8 Å². The van der Waals surface area contributed by atoms with Gasteiger partial charge in [0.05, 0.1) is 12.4 Å². The Morgan fingerprint density at radius 2 is 1.77 bits per heavy atom. The summed E-state index contributed by atoms with van der Waals surface area (Å²) in [6.45, 7) is 6.21. The van der Waals surface area contributed by atoms with Gasteiger partial charge < -0.3 is 14.4 Å². The molecule has 1 N–H and O–H groups in total. The highest BCUT2D eigenvalue weighted by Crippen LogP contribution is 2.27. The van der Waals surface area contributed by atoms with Crippen LogP contribution in [0, 0.1) is 0 Å². The Balaban J connectivity index is 1.22. The summed E-state index contributed by atoms with van der Waals surface area (Å²) in [4.78, 5) is 11.6. The molecule has 4 heterocycles. The predicted molar refractivity (Wildman–Crippen MR) is 117 cm³/mol. The zero-order valence-corrected chi connectivity index (χ0v) is 17.1. The van der Waals surface area contributed by atoms with E-state index in [0.29, 0.717) is 6.54 Å². The molecule has 2 fully saturated rings. The van der Waals surface area contributed by atoms with Crippen molar-refractivity contribution in [3.8, 4) is 11.3 Å². The molecular weight excluding hydrogens is 376 g/mol. The largest absolute Gasteiger partial charge is 0.464 e. The van der Waals surface area contributed by atoms with Crippen molar-refractivity contribution < 1.29 is 9.52 Å². The average Bonchev–Trinajstić information content (AvgIpc) is 3.45. The second kappa shape index (κ2) is 8.60. The first-order valence-corrected chi connectivity index (χ1v) is 10.7. The summed E-state index contributed by atoms with van der Waals surface area (Å²) in [7, 11) is 0. The van der Waals surface area contributed by atoms with Gasteiger partial charge in [0, 0.05) is 63.6 Å². The van der Waals surface area contributed by atoms with Gasteiger partial charge >= 0.3 is 0 Å². The first kappa shape index (κ1) is 19.3. The maximum Gasteiger partial charge on any atom is 0.134 e. The Bertz CT molecular complexity index is 939. The SMILES string of the molecule is O[C@H]1CN(Cc2ccccc2-c2ccco2)C[C@@H]1N1CCN(c2ccccn2)CC1. The highest BCUT2D eigenvalue weighted by molar-refractivity contribution is 5.61. The van der Waals surface area contributed by atoms with Crippen LogP contribution in [0.2, 0.25) is 0 Å². The van der Waals surface area contributed by atoms with E-state index in [9.17, 15) is 5.11 Å². The van der Waals surface area contributed by atoms with E-state index in [-0.39, 0.29) is 12.1 Å². The third-order valence-electron chi connectivity index (χ3n) is 6.29. The minimum absolute atomic E-state index is 0.187. The van der Waals surface area contributed by atoms with Crippen molar-refractivity contribution in [2.75, 3.05) is 44.2 Å². The number of furan rings is 1. The summed E-state index contributed by atoms with van der Waals surface area (Å²) >= 11 is 0. The summed E-state index contributed by atoms with van der Waals surface area (Å²) in [6, 6.07) is 18.5. The molecular formula is C24H28N4O2. The Morgan fingerprint density at radius 1 is 0.933 bits per heavy atom. The van der Waals surface area contributed by atoms with Gasteiger partial charge in [0.2, 0.25) is 0 Å². The van der Waals surface area contributed by atoms with E-state index in [1.165, 1.54) is 5.56 Å². The maximum atomic E-state index is 10.8. The number of rotatable bonds is 5. The Labute approximate surface area is 177 Å². The van der Waals surface area contributed by atoms with Crippen LogP contribution in [0.5, 0.6) is 0 Å². The molecule has 1 aromatic carbocycles. The Hall–Kier alpha value is -2.67. The molecule has 0 aliphatic carbocycles. The second-order valence-corrected chi connectivity index (χ2v) is 8.17. The quantitative estimate of drug-likeness (QED) is 0.706. The number of anilines is 1. The number of piperazine rings is 1. The zero-order chi connectivity index (χ0) is 20.3. The molecule has 6 heteroatoms. The number of pyridine rings is 1. The van der Waals surface area contributed by atoms with E-state index in [2.05, 4.69) is 43.9 Å². The van der Waals surface area contributed by atoms with Gasteiger partial charge in [-0.15, -0.1) is 0 Å². The van der Waals surface area contributed by atoms with E-state index in [4.69, 9.17) is 4.42 Å². The van der Waals surface area contributed by atoms with E-state index in [1.807, 2.05) is 36.5 Å². The zero-order valence-electron chi connectivity index (χ0n) is 17.1. The van der Waals surface area contributed by atoms with Gasteiger partial charge in [-0.05, 0) is 29.8 Å². The molecule has 2 aromatic heterocycles. The minimum atomic E-state index is -0.317. The van der Waals surface area contributed by atoms with Crippen molar-refractivity contribution in [2.24, 2.45) is 0 Å². The van der Waals surface area contributed by atoms with Gasteiger partial charge in [-0.3, -0.25) is 9.80 Å². The van der Waals surface area contributed by atoms with E-state index < -0.39 is 0 Å². The lowest BCUT2D eigenvalue weighted by Gasteiger charge is -2.39. The third kappa shape index (κ3) is 3.99. The standard InChI is InChI=1S/C24H28N4O2/c29-22-18-26(16-19-6-1-2-7-20(19)23-8-5-15-30-23)17-21(22)27-11-13-28(14-12-27)24-9-3-4-10-25-24/h1-10,15,21-22,29H,11-14,16-18H2/t21-,22-/m0/s1. The van der Waals surface area contributed by atoms with Crippen LogP contribution < -0.4 is 4.90 Å². The highest BCUT2D eigenvalue weighted by Gasteiger charge is 2.37. The monoisotopic (exact) mass is 404 g/mol. The number of benzene rings is 1. The Morgan fingerprint density at radius 3 is 2.53 bits per heavy atom. The maximum absolute atomic E-state index is 10.8. The van der Waals surface area contributed by atoms with E-state index >= 15 is 0 Å². The molecule has 3 aromatic rings. The molecule has 0 bridgehead atoms. The van der Waals surface area contributed by atoms with E-state index in [0.717, 1.165) is 56.4 Å². The van der Waals surface area contributed by atoms with Gasteiger partial charge in [0.15, 0.2) is 0 Å². The van der Waals surface area contributed by atoms with Crippen LogP contribution in [0.1, 0.15) is 5.56 Å². The predicted octanol–water partition coefficient (Wildman–Crippen LogP) is 2.71. The molecule has 5 rings (SSSR count). The first-order chi connectivity index (χ1) is 14.8. The van der Waals surface area contributed by atoms with Gasteiger partial charge in [-0.1, -0.05) is 30.3 Å². The third-order valence-corrected chi connectivity index (χ3v) is 6.29. The van der Waals surface area contributed by atoms with Crippen LogP contribution in [0.3, 0.4) is 0 Å². The normalized spacial score (nSPS) is 23.2. The number of hydrogen-bond acceptors (Lipinski definition) is 6. The lowest BCUT2D eigenvalue weighted by molar-refractivity contribution is 0.0790. The lowest BCUT2D eigenvalue weighted by Crippen LogP contribution is -2.53. The molecule has 30 heavy (non-hydrogen) atoms. The van der Waals surface area contributed by atoms with Crippen molar-refractivity contribution in [3.05, 3.63) is 72.6 Å². The van der Waals surface area contributed by atoms with Gasteiger partial charge in [0.25, 0.3) is 0 Å². The number of aliphatic hydroxyl groups excluding tert-OH is 1. The number of β-amino-alcohol motifs (C(OH)–C–C–N with tert-alkyl or cyclic N) is 1. The molecule has 2 saturated heterocycles. The summed E-state index contributed by atoms with van der Waals surface area (Å²) < 4.78 is 5.62. The molecule has 6 nitrogen and oxygen atoms in total. The molecule has 2 aliphatic heterocycles. The van der Waals surface area contributed by atoms with Crippen molar-refractivity contribution >= 4 is 5.82 Å². The summed E-state index contributed by atoms with van der Waals surface area (Å²) in [5.74, 6) is 1.94. The number of aliphatic hydroxyl groups is 1. The van der Waals surface area contributed by atoms with Crippen LogP contribution >= 0.6 is 0 Å². The smallest absolute Gasteiger partial charge is 0.134 e. The fraction of sp³-hybridized carbons (Fsp3) is 0.375. The molecule has 2 atom stereocenters. The molecule has 0 radical (unpaired) electrons. The van der Waals surface area contributed by atoms with Crippen LogP contribution in [0.4, 0.5) is 5.82 Å². The number of nitrogens with zero attached hydrogens (tertiary/aromatic N) is 4. The molecule has 0 spiro atoms. The topological polar surface area (TPSA) is 56.0 Å². The molecule has 0 amide bonds. The van der Waals surface area contributed by atoms with Gasteiger partial charge in [-0.25, -0.2) is 4.98 Å². The molecule has 0 unspecified atom stereocenters. The van der Waals surface area contributed by atoms with Gasteiger partial charge in [-0.2, -0.15) is 0 Å². The summed E-state index contributed by atoms with van der Waals surface area (Å²) in [5, 5.41) is 10.8. The van der Waals surface area contributed by atoms with Crippen molar-refractivity contribution in [2.45, 2.75) is 18.7 Å².